The third-order valence-corrected chi connectivity index (χ3v) is 4.67. The maximum Gasteiger partial charge on any atom is 0.338 e. The molecule has 3 aromatic rings. The van der Waals surface area contributed by atoms with E-state index in [4.69, 9.17) is 4.74 Å². The highest BCUT2D eigenvalue weighted by Gasteiger charge is 2.23. The van der Waals surface area contributed by atoms with Crippen LogP contribution in [0.15, 0.2) is 84.9 Å². The number of hydrogen-bond acceptors (Lipinski definition) is 3. The summed E-state index contributed by atoms with van der Waals surface area (Å²) in [4.78, 5) is 11.9. The fourth-order valence-electron chi connectivity index (χ4n) is 3.24. The van der Waals surface area contributed by atoms with Crippen molar-refractivity contribution in [3.63, 3.8) is 0 Å². The van der Waals surface area contributed by atoms with Gasteiger partial charge >= 0.3 is 5.97 Å². The van der Waals surface area contributed by atoms with Crippen LogP contribution in [0.4, 0.5) is 0 Å². The van der Waals surface area contributed by atoms with Crippen molar-refractivity contribution in [2.24, 2.45) is 0 Å². The first-order chi connectivity index (χ1) is 13.2. The third kappa shape index (κ3) is 4.83. The van der Waals surface area contributed by atoms with E-state index in [0.717, 1.165) is 16.7 Å². The van der Waals surface area contributed by atoms with Gasteiger partial charge in [-0.15, -0.1) is 0 Å². The standard InChI is InChI=1S/C24H24O3/c1-2-27-24(26)21-15-13-19(14-16-21)22(17-18-9-5-3-6-10-18)23(25)20-11-7-4-8-12-20/h3-16,22-23,25H,2,17H2,1H3. The van der Waals surface area contributed by atoms with Gasteiger partial charge < -0.3 is 9.84 Å². The van der Waals surface area contributed by atoms with Crippen molar-refractivity contribution in [1.82, 2.24) is 0 Å². The van der Waals surface area contributed by atoms with Gasteiger partial charge in [0.25, 0.3) is 0 Å². The molecule has 3 nitrogen and oxygen atoms in total. The zero-order chi connectivity index (χ0) is 19.1. The molecule has 2 unspecified atom stereocenters. The van der Waals surface area contributed by atoms with Crippen LogP contribution in [-0.4, -0.2) is 17.7 Å². The van der Waals surface area contributed by atoms with Gasteiger partial charge in [-0.2, -0.15) is 0 Å². The van der Waals surface area contributed by atoms with Gasteiger partial charge in [-0.25, -0.2) is 4.79 Å². The Hall–Kier alpha value is -2.91. The van der Waals surface area contributed by atoms with Gasteiger partial charge in [0.05, 0.1) is 18.3 Å². The summed E-state index contributed by atoms with van der Waals surface area (Å²) < 4.78 is 5.05. The zero-order valence-electron chi connectivity index (χ0n) is 15.4. The van der Waals surface area contributed by atoms with Gasteiger partial charge in [-0.1, -0.05) is 72.8 Å². The quantitative estimate of drug-likeness (QED) is 0.608. The maximum atomic E-state index is 11.9. The summed E-state index contributed by atoms with van der Waals surface area (Å²) in [7, 11) is 0. The second-order valence-electron chi connectivity index (χ2n) is 6.49. The molecule has 3 aromatic carbocycles. The molecule has 1 N–H and O–H groups in total. The Morgan fingerprint density at radius 3 is 2.04 bits per heavy atom. The summed E-state index contributed by atoms with van der Waals surface area (Å²) in [6, 6.07) is 27.2. The number of rotatable bonds is 7. The fourth-order valence-corrected chi connectivity index (χ4v) is 3.24. The molecule has 0 aliphatic rings. The van der Waals surface area contributed by atoms with Crippen LogP contribution in [0.25, 0.3) is 0 Å². The van der Waals surface area contributed by atoms with E-state index >= 15 is 0 Å². The summed E-state index contributed by atoms with van der Waals surface area (Å²) in [5.74, 6) is -0.446. The Morgan fingerprint density at radius 2 is 1.44 bits per heavy atom. The zero-order valence-corrected chi connectivity index (χ0v) is 15.4. The molecule has 3 heteroatoms. The second-order valence-corrected chi connectivity index (χ2v) is 6.49. The van der Waals surface area contributed by atoms with Crippen LogP contribution >= 0.6 is 0 Å². The van der Waals surface area contributed by atoms with Crippen molar-refractivity contribution in [3.05, 3.63) is 107 Å². The van der Waals surface area contributed by atoms with Crippen LogP contribution in [0.5, 0.6) is 0 Å². The number of aliphatic hydroxyl groups is 1. The Morgan fingerprint density at radius 1 is 0.852 bits per heavy atom. The Bertz CT molecular complexity index is 842. The molecule has 0 saturated carbocycles. The first kappa shape index (κ1) is 18.9. The molecule has 0 aromatic heterocycles. The van der Waals surface area contributed by atoms with Crippen LogP contribution < -0.4 is 0 Å². The van der Waals surface area contributed by atoms with E-state index in [1.807, 2.05) is 60.7 Å². The predicted octanol–water partition coefficient (Wildman–Crippen LogP) is 4.92. The van der Waals surface area contributed by atoms with Crippen LogP contribution in [0.1, 0.15) is 46.0 Å². The second kappa shape index (κ2) is 9.15. The molecule has 0 saturated heterocycles. The van der Waals surface area contributed by atoms with E-state index in [0.29, 0.717) is 18.6 Å². The van der Waals surface area contributed by atoms with Gasteiger partial charge in [0.2, 0.25) is 0 Å². The molecule has 3 rings (SSSR count). The third-order valence-electron chi connectivity index (χ3n) is 4.67. The number of carbonyl (C=O) groups is 1. The molecule has 0 fully saturated rings. The normalized spacial score (nSPS) is 13.0. The largest absolute Gasteiger partial charge is 0.462 e. The predicted molar refractivity (Wildman–Crippen MR) is 107 cm³/mol. The Kier molecular flexibility index (Phi) is 6.39. The van der Waals surface area contributed by atoms with Crippen molar-refractivity contribution in [2.75, 3.05) is 6.61 Å². The van der Waals surface area contributed by atoms with Gasteiger partial charge in [-0.3, -0.25) is 0 Å². The summed E-state index contributed by atoms with van der Waals surface area (Å²) >= 11 is 0. The van der Waals surface area contributed by atoms with Crippen molar-refractivity contribution in [2.45, 2.75) is 25.4 Å². The monoisotopic (exact) mass is 360 g/mol. The van der Waals surface area contributed by atoms with E-state index in [-0.39, 0.29) is 11.9 Å². The van der Waals surface area contributed by atoms with Crippen molar-refractivity contribution in [1.29, 1.82) is 0 Å². The number of benzene rings is 3. The molecule has 0 amide bonds. The summed E-state index contributed by atoms with van der Waals surface area (Å²) in [5.41, 5.74) is 3.55. The molecule has 0 bridgehead atoms. The number of aliphatic hydroxyl groups excluding tert-OH is 1. The van der Waals surface area contributed by atoms with Gasteiger partial charge in [0.15, 0.2) is 0 Å². The average Bonchev–Trinajstić information content (AvgIpc) is 2.73. The minimum Gasteiger partial charge on any atom is -0.462 e. The highest BCUT2D eigenvalue weighted by atomic mass is 16.5. The summed E-state index contributed by atoms with van der Waals surface area (Å²) in [6.45, 7) is 2.14. The van der Waals surface area contributed by atoms with E-state index in [2.05, 4.69) is 12.1 Å². The summed E-state index contributed by atoms with van der Waals surface area (Å²) in [5, 5.41) is 11.1. The van der Waals surface area contributed by atoms with Gasteiger partial charge in [0, 0.05) is 5.92 Å². The molecule has 0 radical (unpaired) electrons. The molecule has 0 aliphatic carbocycles. The lowest BCUT2D eigenvalue weighted by molar-refractivity contribution is 0.0526. The van der Waals surface area contributed by atoms with E-state index in [1.54, 1.807) is 19.1 Å². The highest BCUT2D eigenvalue weighted by molar-refractivity contribution is 5.89. The molecule has 0 aliphatic heterocycles. The lowest BCUT2D eigenvalue weighted by Gasteiger charge is -2.24. The molecule has 138 valence electrons. The highest BCUT2D eigenvalue weighted by Crippen LogP contribution is 2.34. The van der Waals surface area contributed by atoms with E-state index in [1.165, 1.54) is 0 Å². The van der Waals surface area contributed by atoms with Crippen LogP contribution in [0.2, 0.25) is 0 Å². The van der Waals surface area contributed by atoms with Gasteiger partial charge in [-0.05, 0) is 42.2 Å². The molecule has 0 heterocycles. The lowest BCUT2D eigenvalue weighted by Crippen LogP contribution is -2.14. The molecule has 2 atom stereocenters. The number of carbonyl (C=O) groups excluding carboxylic acids is 1. The van der Waals surface area contributed by atoms with Crippen LogP contribution in [0.3, 0.4) is 0 Å². The Balaban J connectivity index is 1.90. The minimum atomic E-state index is -0.639. The van der Waals surface area contributed by atoms with E-state index < -0.39 is 6.10 Å². The van der Waals surface area contributed by atoms with Crippen molar-refractivity contribution >= 4 is 5.97 Å². The maximum absolute atomic E-state index is 11.9. The lowest BCUT2D eigenvalue weighted by atomic mass is 9.84. The SMILES string of the molecule is CCOC(=O)c1ccc(C(Cc2ccccc2)C(O)c2ccccc2)cc1. The molecule has 0 spiro atoms. The van der Waals surface area contributed by atoms with Crippen LogP contribution in [0, 0.1) is 0 Å². The average molecular weight is 360 g/mol. The van der Waals surface area contributed by atoms with Crippen LogP contribution in [-0.2, 0) is 11.2 Å². The number of ether oxygens (including phenoxy) is 1. The summed E-state index contributed by atoms with van der Waals surface area (Å²) in [6.07, 6.45) is 0.0650. The van der Waals surface area contributed by atoms with Gasteiger partial charge in [0.1, 0.15) is 0 Å². The first-order valence-corrected chi connectivity index (χ1v) is 9.23. The molecular weight excluding hydrogens is 336 g/mol. The Labute approximate surface area is 160 Å². The van der Waals surface area contributed by atoms with E-state index in [9.17, 15) is 9.90 Å². The first-order valence-electron chi connectivity index (χ1n) is 9.23. The number of esters is 1. The fraction of sp³-hybridized carbons (Fsp3) is 0.208. The number of hydrogen-bond donors (Lipinski definition) is 1. The van der Waals surface area contributed by atoms with Crippen molar-refractivity contribution < 1.29 is 14.6 Å². The smallest absolute Gasteiger partial charge is 0.338 e. The molecular formula is C24H24O3. The molecule has 27 heavy (non-hydrogen) atoms. The van der Waals surface area contributed by atoms with Crippen molar-refractivity contribution in [3.8, 4) is 0 Å². The topological polar surface area (TPSA) is 46.5 Å². The minimum absolute atomic E-state index is 0.119.